The molecule has 0 aliphatic heterocycles. The average molecular weight is 439 g/mol. The van der Waals surface area contributed by atoms with Crippen molar-refractivity contribution in [2.75, 3.05) is 21.3 Å². The fourth-order valence-electron chi connectivity index (χ4n) is 3.00. The number of methoxy groups -OCH3 is 3. The summed E-state index contributed by atoms with van der Waals surface area (Å²) < 4.78 is 23.3. The number of ether oxygens (including phenoxy) is 3. The molecule has 0 amide bonds. The molecule has 160 valence electrons. The fraction of sp³-hybridized carbons (Fsp3) is 0.238. The van der Waals surface area contributed by atoms with E-state index in [0.29, 0.717) is 29.0 Å². The third-order valence-electron chi connectivity index (χ3n) is 4.57. The first-order valence-corrected chi connectivity index (χ1v) is 10.4. The highest BCUT2D eigenvalue weighted by Crippen LogP contribution is 2.32. The van der Waals surface area contributed by atoms with E-state index in [4.69, 9.17) is 18.7 Å². The molecule has 0 atom stereocenters. The van der Waals surface area contributed by atoms with Gasteiger partial charge in [0.1, 0.15) is 23.1 Å². The summed E-state index contributed by atoms with van der Waals surface area (Å²) in [6.45, 7) is 1.90. The quantitative estimate of drug-likeness (QED) is 0.378. The van der Waals surface area contributed by atoms with Gasteiger partial charge in [-0.15, -0.1) is 10.2 Å². The lowest BCUT2D eigenvalue weighted by molar-refractivity contribution is 0.388. The van der Waals surface area contributed by atoms with Crippen LogP contribution in [0.2, 0.25) is 0 Å². The predicted molar refractivity (Wildman–Crippen MR) is 115 cm³/mol. The van der Waals surface area contributed by atoms with Gasteiger partial charge in [0.25, 0.3) is 0 Å². The normalized spacial score (nSPS) is 10.8. The summed E-state index contributed by atoms with van der Waals surface area (Å²) in [5, 5.41) is 13.3. The van der Waals surface area contributed by atoms with Crippen molar-refractivity contribution < 1.29 is 18.7 Å². The zero-order valence-corrected chi connectivity index (χ0v) is 18.3. The SMILES string of the molecule is COc1ccc(-n2c(C)nnc2SCc2nc(-c3ccc(OC)cc3OC)no2)cc1. The van der Waals surface area contributed by atoms with Crippen molar-refractivity contribution in [1.29, 1.82) is 0 Å². The van der Waals surface area contributed by atoms with Gasteiger partial charge < -0.3 is 18.7 Å². The number of benzene rings is 2. The maximum Gasteiger partial charge on any atom is 0.237 e. The molecule has 0 unspecified atom stereocenters. The molecule has 0 aliphatic rings. The average Bonchev–Trinajstić information content (AvgIpc) is 3.43. The molecule has 0 N–H and O–H groups in total. The van der Waals surface area contributed by atoms with Crippen molar-refractivity contribution in [1.82, 2.24) is 24.9 Å². The Morgan fingerprint density at radius 2 is 1.68 bits per heavy atom. The Hall–Kier alpha value is -3.53. The molecule has 31 heavy (non-hydrogen) atoms. The van der Waals surface area contributed by atoms with Crippen LogP contribution in [-0.2, 0) is 5.75 Å². The molecular formula is C21H21N5O4S. The Bertz CT molecular complexity index is 1170. The van der Waals surface area contributed by atoms with Gasteiger partial charge in [-0.2, -0.15) is 4.98 Å². The molecule has 4 aromatic rings. The minimum Gasteiger partial charge on any atom is -0.497 e. The van der Waals surface area contributed by atoms with Crippen LogP contribution >= 0.6 is 11.8 Å². The summed E-state index contributed by atoms with van der Waals surface area (Å²) in [5.41, 5.74) is 1.67. The monoisotopic (exact) mass is 439 g/mol. The summed E-state index contributed by atoms with van der Waals surface area (Å²) in [7, 11) is 4.83. The Labute approximate surface area is 183 Å². The lowest BCUT2D eigenvalue weighted by Gasteiger charge is -2.08. The fourth-order valence-corrected chi connectivity index (χ4v) is 3.83. The molecule has 0 saturated heterocycles. The van der Waals surface area contributed by atoms with Gasteiger partial charge in [-0.05, 0) is 43.3 Å². The van der Waals surface area contributed by atoms with Crippen molar-refractivity contribution in [2.24, 2.45) is 0 Å². The van der Waals surface area contributed by atoms with Crippen LogP contribution in [0.3, 0.4) is 0 Å². The highest BCUT2D eigenvalue weighted by atomic mass is 32.2. The van der Waals surface area contributed by atoms with Gasteiger partial charge in [0.2, 0.25) is 11.7 Å². The molecule has 4 rings (SSSR count). The first kappa shape index (κ1) is 20.7. The highest BCUT2D eigenvalue weighted by molar-refractivity contribution is 7.98. The molecule has 0 spiro atoms. The van der Waals surface area contributed by atoms with E-state index in [0.717, 1.165) is 28.0 Å². The van der Waals surface area contributed by atoms with Crippen LogP contribution in [-0.4, -0.2) is 46.2 Å². The zero-order chi connectivity index (χ0) is 21.8. The van der Waals surface area contributed by atoms with Gasteiger partial charge in [-0.3, -0.25) is 4.57 Å². The number of nitrogens with zero attached hydrogens (tertiary/aromatic N) is 5. The second-order valence-electron chi connectivity index (χ2n) is 6.43. The Morgan fingerprint density at radius 1 is 0.935 bits per heavy atom. The summed E-state index contributed by atoms with van der Waals surface area (Å²) in [6.07, 6.45) is 0. The minimum absolute atomic E-state index is 0.444. The van der Waals surface area contributed by atoms with Gasteiger partial charge in [-0.25, -0.2) is 0 Å². The van der Waals surface area contributed by atoms with Crippen molar-refractivity contribution in [3.63, 3.8) is 0 Å². The van der Waals surface area contributed by atoms with Crippen molar-refractivity contribution in [3.05, 3.63) is 54.2 Å². The van der Waals surface area contributed by atoms with Crippen LogP contribution in [0, 0.1) is 6.92 Å². The molecule has 0 fully saturated rings. The van der Waals surface area contributed by atoms with E-state index in [2.05, 4.69) is 20.3 Å². The summed E-state index contributed by atoms with van der Waals surface area (Å²) in [6, 6.07) is 13.2. The second kappa shape index (κ2) is 9.09. The molecule has 9 nitrogen and oxygen atoms in total. The summed E-state index contributed by atoms with van der Waals surface area (Å²) in [4.78, 5) is 4.50. The maximum atomic E-state index is 5.44. The topological polar surface area (TPSA) is 97.3 Å². The summed E-state index contributed by atoms with van der Waals surface area (Å²) >= 11 is 1.46. The van der Waals surface area contributed by atoms with E-state index in [1.54, 1.807) is 27.4 Å². The first-order valence-electron chi connectivity index (χ1n) is 9.37. The molecule has 0 radical (unpaired) electrons. The molecular weight excluding hydrogens is 418 g/mol. The van der Waals surface area contributed by atoms with Gasteiger partial charge in [0, 0.05) is 11.8 Å². The predicted octanol–water partition coefficient (Wildman–Crippen LogP) is 3.94. The molecule has 2 heterocycles. The summed E-state index contributed by atoms with van der Waals surface area (Å²) in [5.74, 6) is 4.22. The maximum absolute atomic E-state index is 5.44. The Morgan fingerprint density at radius 3 is 2.39 bits per heavy atom. The Kier molecular flexibility index (Phi) is 6.08. The van der Waals surface area contributed by atoms with Crippen molar-refractivity contribution >= 4 is 11.8 Å². The second-order valence-corrected chi connectivity index (χ2v) is 7.37. The van der Waals surface area contributed by atoms with Crippen molar-refractivity contribution in [3.8, 4) is 34.3 Å². The van der Waals surface area contributed by atoms with Gasteiger partial charge in [0.15, 0.2) is 5.16 Å². The molecule has 0 aliphatic carbocycles. The van der Waals surface area contributed by atoms with Crippen molar-refractivity contribution in [2.45, 2.75) is 17.8 Å². The number of hydrogen-bond donors (Lipinski definition) is 0. The smallest absolute Gasteiger partial charge is 0.237 e. The number of hydrogen-bond acceptors (Lipinski definition) is 9. The number of aromatic nitrogens is 5. The molecule has 0 bridgehead atoms. The molecule has 10 heteroatoms. The lowest BCUT2D eigenvalue weighted by atomic mass is 10.2. The largest absolute Gasteiger partial charge is 0.497 e. The van der Waals surface area contributed by atoms with Crippen LogP contribution in [0.4, 0.5) is 0 Å². The third-order valence-corrected chi connectivity index (χ3v) is 5.48. The molecule has 0 saturated carbocycles. The number of thioether (sulfide) groups is 1. The Balaban J connectivity index is 1.52. The minimum atomic E-state index is 0.444. The lowest BCUT2D eigenvalue weighted by Crippen LogP contribution is -1.99. The van der Waals surface area contributed by atoms with Crippen LogP contribution < -0.4 is 14.2 Å². The van der Waals surface area contributed by atoms with E-state index in [1.165, 1.54) is 11.8 Å². The standard InChI is InChI=1S/C21H21N5O4S/c1-13-23-24-21(26(13)14-5-7-15(27-2)8-6-14)31-12-19-22-20(25-30-19)17-10-9-16(28-3)11-18(17)29-4/h5-11H,12H2,1-4H3. The third kappa shape index (κ3) is 4.33. The molecule has 2 aromatic carbocycles. The van der Waals surface area contributed by atoms with E-state index in [1.807, 2.05) is 47.9 Å². The van der Waals surface area contributed by atoms with Crippen LogP contribution in [0.25, 0.3) is 17.1 Å². The highest BCUT2D eigenvalue weighted by Gasteiger charge is 2.17. The van der Waals surface area contributed by atoms with Crippen LogP contribution in [0.5, 0.6) is 17.2 Å². The van der Waals surface area contributed by atoms with E-state index in [-0.39, 0.29) is 0 Å². The van der Waals surface area contributed by atoms with Gasteiger partial charge in [0.05, 0.1) is 32.6 Å². The number of rotatable bonds is 8. The van der Waals surface area contributed by atoms with Crippen LogP contribution in [0.15, 0.2) is 52.1 Å². The van der Waals surface area contributed by atoms with Gasteiger partial charge >= 0.3 is 0 Å². The van der Waals surface area contributed by atoms with E-state index >= 15 is 0 Å². The van der Waals surface area contributed by atoms with E-state index in [9.17, 15) is 0 Å². The number of aryl methyl sites for hydroxylation is 1. The van der Waals surface area contributed by atoms with Gasteiger partial charge in [-0.1, -0.05) is 16.9 Å². The van der Waals surface area contributed by atoms with Crippen LogP contribution in [0.1, 0.15) is 11.7 Å². The van der Waals surface area contributed by atoms with E-state index < -0.39 is 0 Å². The first-order chi connectivity index (χ1) is 15.1. The molecule has 2 aromatic heterocycles. The zero-order valence-electron chi connectivity index (χ0n) is 17.5.